The van der Waals surface area contributed by atoms with Crippen molar-refractivity contribution in [2.75, 3.05) is 0 Å². The Kier molecular flexibility index (Phi) is 5.64. The summed E-state index contributed by atoms with van der Waals surface area (Å²) in [7, 11) is 0. The predicted molar refractivity (Wildman–Crippen MR) is 119 cm³/mol. The molecular weight excluding hydrogens is 356 g/mol. The van der Waals surface area contributed by atoms with Gasteiger partial charge < -0.3 is 5.11 Å². The summed E-state index contributed by atoms with van der Waals surface area (Å²) in [6, 6.07) is 0. The van der Waals surface area contributed by atoms with Crippen molar-refractivity contribution < 1.29 is 9.90 Å². The molecule has 0 radical (unpaired) electrons. The topological polar surface area (TPSA) is 37.3 Å². The van der Waals surface area contributed by atoms with E-state index in [0.717, 1.165) is 12.8 Å². The molecule has 9 atom stereocenters. The summed E-state index contributed by atoms with van der Waals surface area (Å²) < 4.78 is 0. The Morgan fingerprint density at radius 2 is 1.90 bits per heavy atom. The molecule has 4 aliphatic carbocycles. The van der Waals surface area contributed by atoms with Gasteiger partial charge in [0.15, 0.2) is 5.78 Å². The van der Waals surface area contributed by atoms with Gasteiger partial charge in [-0.3, -0.25) is 4.79 Å². The molecule has 0 bridgehead atoms. The normalized spacial score (nSPS) is 47.9. The van der Waals surface area contributed by atoms with E-state index in [0.29, 0.717) is 53.6 Å². The fourth-order valence-electron chi connectivity index (χ4n) is 8.19. The molecule has 4 aliphatic rings. The lowest BCUT2D eigenvalue weighted by atomic mass is 9.45. The molecule has 3 fully saturated rings. The number of rotatable bonds is 4. The summed E-state index contributed by atoms with van der Waals surface area (Å²) in [6.07, 6.45) is 16.4. The van der Waals surface area contributed by atoms with Gasteiger partial charge in [-0.05, 0) is 96.9 Å². The van der Waals surface area contributed by atoms with Crippen molar-refractivity contribution in [3.63, 3.8) is 0 Å². The lowest BCUT2D eigenvalue weighted by Crippen LogP contribution is -2.57. The first-order valence-electron chi connectivity index (χ1n) is 12.2. The molecule has 0 heterocycles. The number of hydrogen-bond acceptors (Lipinski definition) is 2. The van der Waals surface area contributed by atoms with Gasteiger partial charge in [0.25, 0.3) is 0 Å². The number of hydrogen-bond donors (Lipinski definition) is 1. The van der Waals surface area contributed by atoms with Gasteiger partial charge >= 0.3 is 0 Å². The zero-order chi connectivity index (χ0) is 21.0. The van der Waals surface area contributed by atoms with E-state index in [4.69, 9.17) is 0 Å². The Hall–Kier alpha value is -0.890. The highest BCUT2D eigenvalue weighted by Gasteiger charge is 2.63. The van der Waals surface area contributed by atoms with E-state index < -0.39 is 0 Å². The molecule has 2 heteroatoms. The van der Waals surface area contributed by atoms with Crippen LogP contribution in [-0.4, -0.2) is 17.0 Å². The highest BCUT2D eigenvalue weighted by molar-refractivity contribution is 5.91. The smallest absolute Gasteiger partial charge is 0.155 e. The number of allylic oxidation sites excluding steroid dienone is 4. The second-order valence-electron chi connectivity index (χ2n) is 11.7. The molecule has 0 aliphatic heterocycles. The number of fused-ring (bicyclic) bond motifs is 5. The van der Waals surface area contributed by atoms with Crippen molar-refractivity contribution in [1.82, 2.24) is 0 Å². The average Bonchev–Trinajstić information content (AvgIpc) is 3.02. The third-order valence-corrected chi connectivity index (χ3v) is 9.90. The minimum absolute atomic E-state index is 0.0418. The van der Waals surface area contributed by atoms with Crippen LogP contribution in [0, 0.1) is 52.3 Å². The molecular formula is C27H42O2. The fraction of sp³-hybridized carbons (Fsp3) is 0.815. The number of ketones is 1. The summed E-state index contributed by atoms with van der Waals surface area (Å²) >= 11 is 0. The van der Waals surface area contributed by atoms with Crippen LogP contribution >= 0.6 is 0 Å². The van der Waals surface area contributed by atoms with Gasteiger partial charge in [-0.15, -0.1) is 0 Å². The molecule has 4 rings (SSSR count). The maximum absolute atomic E-state index is 12.0. The first-order valence-corrected chi connectivity index (χ1v) is 12.2. The molecule has 0 aromatic rings. The van der Waals surface area contributed by atoms with Crippen molar-refractivity contribution in [2.45, 2.75) is 85.7 Å². The van der Waals surface area contributed by atoms with E-state index in [-0.39, 0.29) is 16.9 Å². The Morgan fingerprint density at radius 1 is 1.14 bits per heavy atom. The third kappa shape index (κ3) is 3.38. The van der Waals surface area contributed by atoms with Crippen LogP contribution in [0.25, 0.3) is 0 Å². The molecule has 0 amide bonds. The predicted octanol–water partition coefficient (Wildman–Crippen LogP) is 6.20. The van der Waals surface area contributed by atoms with Crippen LogP contribution in [-0.2, 0) is 4.79 Å². The van der Waals surface area contributed by atoms with Crippen molar-refractivity contribution >= 4 is 5.78 Å². The molecule has 9 unspecified atom stereocenters. The van der Waals surface area contributed by atoms with Gasteiger partial charge in [0, 0.05) is 6.42 Å². The first-order chi connectivity index (χ1) is 13.7. The third-order valence-electron chi connectivity index (χ3n) is 9.90. The molecule has 0 aromatic heterocycles. The Balaban J connectivity index is 1.58. The zero-order valence-corrected chi connectivity index (χ0v) is 19.2. The molecule has 162 valence electrons. The maximum atomic E-state index is 12.0. The fourth-order valence-corrected chi connectivity index (χ4v) is 8.19. The van der Waals surface area contributed by atoms with Crippen LogP contribution in [0.3, 0.4) is 0 Å². The highest BCUT2D eigenvalue weighted by Crippen LogP contribution is 2.67. The molecule has 0 saturated heterocycles. The van der Waals surface area contributed by atoms with Gasteiger partial charge in [-0.2, -0.15) is 0 Å². The van der Waals surface area contributed by atoms with Crippen molar-refractivity contribution in [1.29, 1.82) is 0 Å². The van der Waals surface area contributed by atoms with Crippen LogP contribution in [0.2, 0.25) is 0 Å². The van der Waals surface area contributed by atoms with Gasteiger partial charge in [-0.1, -0.05) is 52.8 Å². The molecule has 3 saturated carbocycles. The van der Waals surface area contributed by atoms with Crippen molar-refractivity contribution in [2.24, 2.45) is 52.3 Å². The van der Waals surface area contributed by atoms with E-state index in [2.05, 4.69) is 52.8 Å². The minimum atomic E-state index is -0.219. The standard InChI is InChI=1S/C27H42O2/c1-17(2)7-6-8-18(3)22-11-12-23-21-10-9-19-15-20(28)13-14-26(19,4)24(21)16-25(29)27(22,23)5/h6,8,13-14,17-19,21-25,29H,7,9-12,15-16H2,1-5H3. The van der Waals surface area contributed by atoms with E-state index in [9.17, 15) is 9.90 Å². The Bertz CT molecular complexity index is 691. The molecule has 0 aromatic carbocycles. The largest absolute Gasteiger partial charge is 0.393 e. The summed E-state index contributed by atoms with van der Waals surface area (Å²) in [5.74, 6) is 4.48. The summed E-state index contributed by atoms with van der Waals surface area (Å²) in [4.78, 5) is 12.0. The van der Waals surface area contributed by atoms with Gasteiger partial charge in [0.2, 0.25) is 0 Å². The highest BCUT2D eigenvalue weighted by atomic mass is 16.3. The minimum Gasteiger partial charge on any atom is -0.393 e. The number of aliphatic hydroxyl groups is 1. The number of carbonyl (C=O) groups is 1. The van der Waals surface area contributed by atoms with E-state index in [1.165, 1.54) is 25.7 Å². The summed E-state index contributed by atoms with van der Waals surface area (Å²) in [6.45, 7) is 11.7. The van der Waals surface area contributed by atoms with Crippen molar-refractivity contribution in [3.8, 4) is 0 Å². The van der Waals surface area contributed by atoms with Gasteiger partial charge in [0.1, 0.15) is 0 Å². The average molecular weight is 399 g/mol. The van der Waals surface area contributed by atoms with Crippen LogP contribution in [0.15, 0.2) is 24.3 Å². The van der Waals surface area contributed by atoms with Crippen LogP contribution in [0.4, 0.5) is 0 Å². The summed E-state index contributed by atoms with van der Waals surface area (Å²) in [5.41, 5.74) is 0.139. The quantitative estimate of drug-likeness (QED) is 0.572. The second-order valence-corrected chi connectivity index (χ2v) is 11.7. The van der Waals surface area contributed by atoms with Crippen molar-refractivity contribution in [3.05, 3.63) is 24.3 Å². The molecule has 0 spiro atoms. The molecule has 2 nitrogen and oxygen atoms in total. The van der Waals surface area contributed by atoms with Crippen LogP contribution < -0.4 is 0 Å². The molecule has 1 N–H and O–H groups in total. The first kappa shape index (κ1) is 21.3. The van der Waals surface area contributed by atoms with E-state index >= 15 is 0 Å². The van der Waals surface area contributed by atoms with Gasteiger partial charge in [0.05, 0.1) is 6.10 Å². The Labute approximate surface area is 178 Å². The van der Waals surface area contributed by atoms with Gasteiger partial charge in [-0.25, -0.2) is 0 Å². The SMILES string of the molecule is CC(C)CC=CC(C)C1CCC2C3CCC4CC(=O)C=CC4(C)C3CC(O)C12C. The van der Waals surface area contributed by atoms with Crippen LogP contribution in [0.5, 0.6) is 0 Å². The van der Waals surface area contributed by atoms with E-state index in [1.807, 2.05) is 6.08 Å². The number of aliphatic hydroxyl groups excluding tert-OH is 1. The number of carbonyl (C=O) groups excluding carboxylic acids is 1. The van der Waals surface area contributed by atoms with E-state index in [1.54, 1.807) is 0 Å². The summed E-state index contributed by atoms with van der Waals surface area (Å²) in [5, 5.41) is 11.6. The monoisotopic (exact) mass is 398 g/mol. The second kappa shape index (κ2) is 7.66. The lowest BCUT2D eigenvalue weighted by molar-refractivity contribution is -0.152. The Morgan fingerprint density at radius 3 is 2.62 bits per heavy atom. The lowest BCUT2D eigenvalue weighted by Gasteiger charge is -2.60. The van der Waals surface area contributed by atoms with Crippen LogP contribution in [0.1, 0.15) is 79.6 Å². The molecule has 29 heavy (non-hydrogen) atoms. The zero-order valence-electron chi connectivity index (χ0n) is 19.2. The maximum Gasteiger partial charge on any atom is 0.155 e.